The first kappa shape index (κ1) is 19.0. The number of hydrogen-bond donors (Lipinski definition) is 1. The highest BCUT2D eigenvalue weighted by Crippen LogP contribution is 2.30. The normalized spacial score (nSPS) is 21.3. The molecule has 1 aromatic rings. The fraction of sp³-hybridized carbons (Fsp3) is 0.706. The average Bonchev–Trinajstić information content (AvgIpc) is 2.66. The molecule has 1 atom stereocenters. The fourth-order valence-electron chi connectivity index (χ4n) is 3.68. The average molecular weight is 382 g/mol. The molecule has 1 N–H and O–H groups in total. The molecule has 2 aliphatic rings. The van der Waals surface area contributed by atoms with Gasteiger partial charge in [-0.2, -0.15) is 0 Å². The van der Waals surface area contributed by atoms with E-state index in [-0.39, 0.29) is 17.6 Å². The van der Waals surface area contributed by atoms with Crippen molar-refractivity contribution < 1.29 is 13.2 Å². The molecule has 1 aromatic heterocycles. The van der Waals surface area contributed by atoms with Crippen molar-refractivity contribution in [2.24, 2.45) is 0 Å². The maximum Gasteiger partial charge on any atom is 0.219 e. The summed E-state index contributed by atoms with van der Waals surface area (Å²) in [6.45, 7) is 5.44. The highest BCUT2D eigenvalue weighted by Gasteiger charge is 2.31. The van der Waals surface area contributed by atoms with E-state index in [1.165, 1.54) is 0 Å². The van der Waals surface area contributed by atoms with Crippen molar-refractivity contribution in [3.63, 3.8) is 0 Å². The smallest absolute Gasteiger partial charge is 0.219 e. The second-order valence-corrected chi connectivity index (χ2v) is 9.15. The van der Waals surface area contributed by atoms with Crippen LogP contribution in [-0.2, 0) is 27.8 Å². The first-order valence-corrected chi connectivity index (χ1v) is 10.8. The van der Waals surface area contributed by atoms with Crippen molar-refractivity contribution in [1.29, 1.82) is 0 Å². The van der Waals surface area contributed by atoms with Crippen LogP contribution in [0.25, 0.3) is 0 Å². The lowest BCUT2D eigenvalue weighted by Gasteiger charge is -2.32. The topological polar surface area (TPSA) is 95.5 Å². The fourth-order valence-corrected chi connectivity index (χ4v) is 4.86. The standard InChI is InChI=1S/C17H27N5O3S/c1-4-26(24,25)22-8-5-6-13(10-22)16-19-15-7-9-21(12(2)23)11-14(15)17(18-3)20-16/h13H,4-11H2,1-3H3,(H,18,19,20). The number of carbonyl (C=O) groups excluding carboxylic acids is 1. The van der Waals surface area contributed by atoms with Gasteiger partial charge in [-0.25, -0.2) is 22.7 Å². The third-order valence-corrected chi connectivity index (χ3v) is 7.12. The molecule has 3 rings (SSSR count). The molecule has 9 heteroatoms. The second-order valence-electron chi connectivity index (χ2n) is 6.89. The number of anilines is 1. The van der Waals surface area contributed by atoms with Crippen LogP contribution in [0.1, 0.15) is 49.7 Å². The van der Waals surface area contributed by atoms with Gasteiger partial charge < -0.3 is 10.2 Å². The van der Waals surface area contributed by atoms with Gasteiger partial charge in [-0.05, 0) is 19.8 Å². The third kappa shape index (κ3) is 3.68. The van der Waals surface area contributed by atoms with Crippen LogP contribution in [0.3, 0.4) is 0 Å². The summed E-state index contributed by atoms with van der Waals surface area (Å²) in [5.41, 5.74) is 1.93. The highest BCUT2D eigenvalue weighted by molar-refractivity contribution is 7.89. The van der Waals surface area contributed by atoms with Crippen molar-refractivity contribution in [2.45, 2.75) is 45.6 Å². The number of aromatic nitrogens is 2. The van der Waals surface area contributed by atoms with E-state index in [4.69, 9.17) is 4.98 Å². The molecule has 3 heterocycles. The van der Waals surface area contributed by atoms with Crippen molar-refractivity contribution in [3.05, 3.63) is 17.1 Å². The number of sulfonamides is 1. The predicted molar refractivity (Wildman–Crippen MR) is 99.4 cm³/mol. The largest absolute Gasteiger partial charge is 0.373 e. The Morgan fingerprint density at radius 2 is 2.08 bits per heavy atom. The molecule has 0 aromatic carbocycles. The van der Waals surface area contributed by atoms with Gasteiger partial charge in [-0.15, -0.1) is 0 Å². The molecule has 2 aliphatic heterocycles. The first-order valence-electron chi connectivity index (χ1n) is 9.16. The van der Waals surface area contributed by atoms with Gasteiger partial charge in [-0.1, -0.05) is 0 Å². The number of rotatable bonds is 4. The summed E-state index contributed by atoms with van der Waals surface area (Å²) in [6, 6.07) is 0. The van der Waals surface area contributed by atoms with Gasteiger partial charge in [0.25, 0.3) is 0 Å². The summed E-state index contributed by atoms with van der Waals surface area (Å²) in [7, 11) is -1.38. The van der Waals surface area contributed by atoms with Gasteiger partial charge in [0.05, 0.1) is 18.0 Å². The summed E-state index contributed by atoms with van der Waals surface area (Å²) in [5, 5.41) is 3.13. The molecular formula is C17H27N5O3S. The quantitative estimate of drug-likeness (QED) is 0.834. The van der Waals surface area contributed by atoms with E-state index in [0.29, 0.717) is 38.4 Å². The maximum atomic E-state index is 12.2. The minimum absolute atomic E-state index is 0.00770. The van der Waals surface area contributed by atoms with Crippen molar-refractivity contribution >= 4 is 21.7 Å². The third-order valence-electron chi connectivity index (χ3n) is 5.27. The Kier molecular flexibility index (Phi) is 5.47. The van der Waals surface area contributed by atoms with Gasteiger partial charge >= 0.3 is 0 Å². The van der Waals surface area contributed by atoms with E-state index < -0.39 is 10.0 Å². The molecule has 26 heavy (non-hydrogen) atoms. The molecule has 1 unspecified atom stereocenters. The lowest BCUT2D eigenvalue weighted by atomic mass is 9.97. The van der Waals surface area contributed by atoms with E-state index >= 15 is 0 Å². The van der Waals surface area contributed by atoms with Gasteiger partial charge in [0.1, 0.15) is 11.6 Å². The minimum atomic E-state index is -3.19. The Morgan fingerprint density at radius 3 is 2.73 bits per heavy atom. The summed E-state index contributed by atoms with van der Waals surface area (Å²) < 4.78 is 26.0. The SMILES string of the molecule is CCS(=O)(=O)N1CCCC(c2nc3c(c(NC)n2)CN(C(C)=O)CC3)C1. The molecule has 0 aliphatic carbocycles. The second kappa shape index (κ2) is 7.48. The zero-order valence-corrected chi connectivity index (χ0v) is 16.5. The van der Waals surface area contributed by atoms with Crippen molar-refractivity contribution in [3.8, 4) is 0 Å². The molecule has 0 spiro atoms. The lowest BCUT2D eigenvalue weighted by molar-refractivity contribution is -0.129. The van der Waals surface area contributed by atoms with E-state index in [0.717, 1.165) is 29.9 Å². The van der Waals surface area contributed by atoms with Crippen molar-refractivity contribution in [2.75, 3.05) is 37.8 Å². The Bertz CT molecular complexity index is 779. The zero-order valence-electron chi connectivity index (χ0n) is 15.7. The Hall–Kier alpha value is -1.74. The number of hydrogen-bond acceptors (Lipinski definition) is 6. The minimum Gasteiger partial charge on any atom is -0.373 e. The number of carbonyl (C=O) groups is 1. The molecule has 0 saturated carbocycles. The van der Waals surface area contributed by atoms with Crippen molar-refractivity contribution in [1.82, 2.24) is 19.2 Å². The van der Waals surface area contributed by atoms with E-state index in [2.05, 4.69) is 10.3 Å². The first-order chi connectivity index (χ1) is 12.4. The zero-order chi connectivity index (χ0) is 18.9. The Labute approximate surface area is 155 Å². The summed E-state index contributed by atoms with van der Waals surface area (Å²) in [6.07, 6.45) is 2.40. The Balaban J connectivity index is 1.89. The van der Waals surface area contributed by atoms with Gasteiger partial charge in [0.15, 0.2) is 0 Å². The Morgan fingerprint density at radius 1 is 1.31 bits per heavy atom. The highest BCUT2D eigenvalue weighted by atomic mass is 32.2. The van der Waals surface area contributed by atoms with E-state index in [9.17, 15) is 13.2 Å². The molecule has 0 radical (unpaired) electrons. The molecule has 0 bridgehead atoms. The van der Waals surface area contributed by atoms with Crippen LogP contribution in [0.4, 0.5) is 5.82 Å². The van der Waals surface area contributed by atoms with Crippen LogP contribution in [0.15, 0.2) is 0 Å². The van der Waals surface area contributed by atoms with Crippen LogP contribution in [0.2, 0.25) is 0 Å². The predicted octanol–water partition coefficient (Wildman–Crippen LogP) is 0.952. The number of fused-ring (bicyclic) bond motifs is 1. The molecule has 1 saturated heterocycles. The summed E-state index contributed by atoms with van der Waals surface area (Å²) in [4.78, 5) is 22.9. The van der Waals surface area contributed by atoms with Gasteiger partial charge in [-0.3, -0.25) is 4.79 Å². The van der Waals surface area contributed by atoms with Gasteiger partial charge in [0.2, 0.25) is 15.9 Å². The lowest BCUT2D eigenvalue weighted by Crippen LogP contribution is -2.40. The van der Waals surface area contributed by atoms with Crippen LogP contribution < -0.4 is 5.32 Å². The molecule has 8 nitrogen and oxygen atoms in total. The van der Waals surface area contributed by atoms with Crippen LogP contribution in [0, 0.1) is 0 Å². The van der Waals surface area contributed by atoms with Crippen LogP contribution >= 0.6 is 0 Å². The van der Waals surface area contributed by atoms with Crippen LogP contribution in [-0.4, -0.2) is 65.9 Å². The van der Waals surface area contributed by atoms with Crippen LogP contribution in [0.5, 0.6) is 0 Å². The number of amides is 1. The molecule has 1 amide bonds. The number of piperidine rings is 1. The summed E-state index contributed by atoms with van der Waals surface area (Å²) >= 11 is 0. The number of nitrogens with one attached hydrogen (secondary N) is 1. The van der Waals surface area contributed by atoms with E-state index in [1.54, 1.807) is 23.1 Å². The molecule has 144 valence electrons. The molecular weight excluding hydrogens is 354 g/mol. The van der Waals surface area contributed by atoms with Gasteiger partial charge in [0, 0.05) is 51.5 Å². The number of nitrogens with zero attached hydrogens (tertiary/aromatic N) is 4. The van der Waals surface area contributed by atoms with E-state index in [1.807, 2.05) is 7.05 Å². The maximum absolute atomic E-state index is 12.2. The molecule has 1 fully saturated rings. The monoisotopic (exact) mass is 381 g/mol. The summed E-state index contributed by atoms with van der Waals surface area (Å²) in [5.74, 6) is 1.63.